The van der Waals surface area contributed by atoms with Gasteiger partial charge < -0.3 is 15.5 Å². The van der Waals surface area contributed by atoms with Crippen molar-refractivity contribution in [3.63, 3.8) is 0 Å². The average molecular weight is 409 g/mol. The van der Waals surface area contributed by atoms with Gasteiger partial charge in [-0.25, -0.2) is 9.59 Å². The molecule has 0 amide bonds. The third-order valence-corrected chi connectivity index (χ3v) is 4.07. The summed E-state index contributed by atoms with van der Waals surface area (Å²) in [6.07, 6.45) is 0. The number of nitrogens with zero attached hydrogens (tertiary/aromatic N) is 1. The molecular weight excluding hydrogens is 390 g/mol. The first-order valence-electron chi connectivity index (χ1n) is 8.40. The van der Waals surface area contributed by atoms with Crippen LogP contribution in [0, 0.1) is 5.41 Å². The fraction of sp³-hybridized carbons (Fsp3) is 0. The van der Waals surface area contributed by atoms with Crippen molar-refractivity contribution in [3.05, 3.63) is 96.1 Å². The first kappa shape index (κ1) is 21.5. The Morgan fingerprint density at radius 1 is 0.759 bits per heavy atom. The van der Waals surface area contributed by atoms with Crippen LogP contribution < -0.4 is 9.62 Å². The van der Waals surface area contributed by atoms with Crippen LogP contribution in [0.4, 0.5) is 11.4 Å². The minimum Gasteiger partial charge on any atom is -0.478 e. The molecule has 3 rings (SSSR count). The van der Waals surface area contributed by atoms with Crippen LogP contribution >= 0.6 is 12.8 Å². The van der Waals surface area contributed by atoms with Gasteiger partial charge in [0.1, 0.15) is 0 Å². The van der Waals surface area contributed by atoms with Gasteiger partial charge in [-0.1, -0.05) is 61.3 Å². The van der Waals surface area contributed by atoms with E-state index in [-0.39, 0.29) is 17.1 Å². The standard InChI is InChI=1S/C13H13N3S.C8H6O4/c14-13(15-11-7-3-1-4-8-11)16(17)12-9-5-2-6-10-12;9-7(10)5-3-1-2-4-6(5)8(11)12/h1-10,17H,(H2,14,15);1-4H,(H,9,10)(H,11,12). The van der Waals surface area contributed by atoms with E-state index in [0.29, 0.717) is 0 Å². The van der Waals surface area contributed by atoms with Crippen LogP contribution in [-0.2, 0) is 0 Å². The molecule has 8 heteroatoms. The van der Waals surface area contributed by atoms with Crippen LogP contribution in [0.3, 0.4) is 0 Å². The highest BCUT2D eigenvalue weighted by Gasteiger charge is 2.13. The zero-order valence-electron chi connectivity index (χ0n) is 15.2. The van der Waals surface area contributed by atoms with Crippen molar-refractivity contribution in [2.75, 3.05) is 9.62 Å². The minimum atomic E-state index is -1.23. The number of rotatable bonds is 4. The Kier molecular flexibility index (Phi) is 7.81. The molecule has 0 spiro atoms. The number of carboxylic acids is 2. The number of nitrogens with one attached hydrogen (secondary N) is 2. The van der Waals surface area contributed by atoms with Gasteiger partial charge in [-0.15, -0.1) is 0 Å². The normalized spacial score (nSPS) is 9.55. The van der Waals surface area contributed by atoms with Crippen LogP contribution in [0.1, 0.15) is 20.7 Å². The van der Waals surface area contributed by atoms with Crippen molar-refractivity contribution in [2.24, 2.45) is 0 Å². The van der Waals surface area contributed by atoms with Gasteiger partial charge in [0.2, 0.25) is 5.96 Å². The summed E-state index contributed by atoms with van der Waals surface area (Å²) in [5.41, 5.74) is 1.34. The monoisotopic (exact) mass is 409 g/mol. The highest BCUT2D eigenvalue weighted by atomic mass is 32.1. The van der Waals surface area contributed by atoms with Crippen molar-refractivity contribution in [1.29, 1.82) is 5.41 Å². The summed E-state index contributed by atoms with van der Waals surface area (Å²) in [4.78, 5) is 20.9. The molecule has 0 aliphatic rings. The topological polar surface area (TPSA) is 114 Å². The Morgan fingerprint density at radius 3 is 1.62 bits per heavy atom. The number of benzene rings is 3. The van der Waals surface area contributed by atoms with Crippen LogP contribution in [0.15, 0.2) is 84.9 Å². The molecule has 0 aliphatic heterocycles. The molecule has 3 aromatic carbocycles. The van der Waals surface area contributed by atoms with Crippen LogP contribution in [0.5, 0.6) is 0 Å². The zero-order valence-corrected chi connectivity index (χ0v) is 16.1. The Labute approximate surface area is 173 Å². The van der Waals surface area contributed by atoms with Gasteiger partial charge in [-0.3, -0.25) is 9.71 Å². The molecular formula is C21H19N3O4S. The van der Waals surface area contributed by atoms with Gasteiger partial charge in [0.25, 0.3) is 0 Å². The molecule has 0 saturated carbocycles. The van der Waals surface area contributed by atoms with Crippen LogP contribution in [0.25, 0.3) is 0 Å². The van der Waals surface area contributed by atoms with E-state index >= 15 is 0 Å². The molecule has 0 radical (unpaired) electrons. The molecule has 148 valence electrons. The van der Waals surface area contributed by atoms with Crippen molar-refractivity contribution in [2.45, 2.75) is 0 Å². The first-order valence-corrected chi connectivity index (χ1v) is 8.80. The fourth-order valence-corrected chi connectivity index (χ4v) is 2.45. The number of hydrogen-bond donors (Lipinski definition) is 5. The van der Waals surface area contributed by atoms with Crippen molar-refractivity contribution in [1.82, 2.24) is 0 Å². The quantitative estimate of drug-likeness (QED) is 0.247. The second-order valence-corrected chi connectivity index (χ2v) is 6.04. The highest BCUT2D eigenvalue weighted by molar-refractivity contribution is 7.82. The predicted octanol–water partition coefficient (Wildman–Crippen LogP) is 4.47. The van der Waals surface area contributed by atoms with E-state index in [2.05, 4.69) is 18.1 Å². The molecule has 4 N–H and O–H groups in total. The molecule has 29 heavy (non-hydrogen) atoms. The summed E-state index contributed by atoms with van der Waals surface area (Å²) in [5.74, 6) is -2.24. The number of hydrogen-bond acceptors (Lipinski definition) is 4. The molecule has 7 nitrogen and oxygen atoms in total. The van der Waals surface area contributed by atoms with Gasteiger partial charge in [0, 0.05) is 5.69 Å². The van der Waals surface area contributed by atoms with Gasteiger partial charge in [0.15, 0.2) is 0 Å². The smallest absolute Gasteiger partial charge is 0.336 e. The lowest BCUT2D eigenvalue weighted by molar-refractivity contribution is 0.0651. The van der Waals surface area contributed by atoms with Gasteiger partial charge in [0.05, 0.1) is 16.8 Å². The number of para-hydroxylation sites is 2. The minimum absolute atomic E-state index is 0.190. The van der Waals surface area contributed by atoms with Gasteiger partial charge >= 0.3 is 11.9 Å². The lowest BCUT2D eigenvalue weighted by atomic mass is 10.1. The maximum Gasteiger partial charge on any atom is 0.336 e. The molecule has 0 atom stereocenters. The van der Waals surface area contributed by atoms with E-state index in [0.717, 1.165) is 11.4 Å². The fourth-order valence-electron chi connectivity index (χ4n) is 2.27. The van der Waals surface area contributed by atoms with E-state index in [1.165, 1.54) is 28.6 Å². The molecule has 0 fully saturated rings. The lowest BCUT2D eigenvalue weighted by Crippen LogP contribution is -2.27. The average Bonchev–Trinajstić information content (AvgIpc) is 2.75. The lowest BCUT2D eigenvalue weighted by Gasteiger charge is -2.19. The molecule has 0 aromatic heterocycles. The summed E-state index contributed by atoms with van der Waals surface area (Å²) >= 11 is 4.29. The van der Waals surface area contributed by atoms with Gasteiger partial charge in [-0.05, 0) is 36.4 Å². The third kappa shape index (κ3) is 6.40. The highest BCUT2D eigenvalue weighted by Crippen LogP contribution is 2.16. The Hall–Kier alpha value is -3.78. The van der Waals surface area contributed by atoms with E-state index in [1.807, 2.05) is 60.7 Å². The second kappa shape index (κ2) is 10.5. The Bertz CT molecular complexity index is 948. The molecule has 0 aliphatic carbocycles. The van der Waals surface area contributed by atoms with E-state index in [9.17, 15) is 9.59 Å². The number of carboxylic acid groups (broad SMARTS) is 2. The van der Waals surface area contributed by atoms with Crippen molar-refractivity contribution in [3.8, 4) is 0 Å². The van der Waals surface area contributed by atoms with Crippen molar-refractivity contribution < 1.29 is 19.8 Å². The molecule has 0 bridgehead atoms. The number of carbonyl (C=O) groups is 2. The van der Waals surface area contributed by atoms with E-state index in [4.69, 9.17) is 15.6 Å². The van der Waals surface area contributed by atoms with Crippen LogP contribution in [-0.4, -0.2) is 28.1 Å². The number of anilines is 2. The molecule has 0 heterocycles. The SMILES string of the molecule is N=C(Nc1ccccc1)N(S)c1ccccc1.O=C(O)c1ccccc1C(=O)O. The molecule has 0 unspecified atom stereocenters. The summed E-state index contributed by atoms with van der Waals surface area (Å²) in [6.45, 7) is 0. The van der Waals surface area contributed by atoms with Gasteiger partial charge in [-0.2, -0.15) is 0 Å². The largest absolute Gasteiger partial charge is 0.478 e. The maximum absolute atomic E-state index is 10.5. The van der Waals surface area contributed by atoms with Crippen molar-refractivity contribution >= 4 is 42.1 Å². The Morgan fingerprint density at radius 2 is 1.17 bits per heavy atom. The van der Waals surface area contributed by atoms with Crippen LogP contribution in [0.2, 0.25) is 0 Å². The second-order valence-electron chi connectivity index (χ2n) is 5.64. The summed E-state index contributed by atoms with van der Waals surface area (Å²) < 4.78 is 1.49. The maximum atomic E-state index is 10.5. The molecule has 3 aromatic rings. The summed E-state index contributed by atoms with van der Waals surface area (Å²) in [6, 6.07) is 24.6. The summed E-state index contributed by atoms with van der Waals surface area (Å²) in [7, 11) is 0. The third-order valence-electron chi connectivity index (χ3n) is 3.64. The predicted molar refractivity (Wildman–Crippen MR) is 116 cm³/mol. The number of thiol groups is 1. The summed E-state index contributed by atoms with van der Waals surface area (Å²) in [5, 5.41) is 28.0. The zero-order chi connectivity index (χ0) is 21.2. The first-order chi connectivity index (χ1) is 13.9. The molecule has 0 saturated heterocycles. The van der Waals surface area contributed by atoms with E-state index in [1.54, 1.807) is 0 Å². The number of guanidine groups is 1. The van der Waals surface area contributed by atoms with E-state index < -0.39 is 11.9 Å². The number of aromatic carboxylic acids is 2. The Balaban J connectivity index is 0.000000221.